The maximum Gasteiger partial charge on any atom is 0.215 e. The monoisotopic (exact) mass is 654 g/mol. The van der Waals surface area contributed by atoms with Gasteiger partial charge in [-0.25, -0.2) is 0 Å². The first-order valence-corrected chi connectivity index (χ1v) is 12.7. The molecule has 0 saturated heterocycles. The molecule has 0 amide bonds. The van der Waals surface area contributed by atoms with E-state index in [4.69, 9.17) is 18.9 Å². The summed E-state index contributed by atoms with van der Waals surface area (Å²) in [6.45, 7) is 0. The standard InChI is InChI=1S/C30H22O17/c31-10-1-18(37)28(19(38)2-10)47-22-4-11(32)3-20(39)29(22)44-13-7-16(35)25(41)21(8-13)46-23-9-17(36)26(42)27(43)30(23)45-12-5-14(33)24(40)15(34)6-12/h1-9,31-43H. The van der Waals surface area contributed by atoms with Crippen molar-refractivity contribution in [2.75, 3.05) is 0 Å². The topological polar surface area (TPSA) is 300 Å². The van der Waals surface area contributed by atoms with Crippen molar-refractivity contribution in [2.45, 2.75) is 0 Å². The van der Waals surface area contributed by atoms with Crippen LogP contribution in [0.3, 0.4) is 0 Å². The first kappa shape index (κ1) is 31.1. The fourth-order valence-corrected chi connectivity index (χ4v) is 4.03. The lowest BCUT2D eigenvalue weighted by atomic mass is 10.2. The molecule has 0 aliphatic carbocycles. The number of phenols is 13. The molecule has 0 bridgehead atoms. The van der Waals surface area contributed by atoms with Crippen molar-refractivity contribution in [1.82, 2.24) is 0 Å². The molecule has 0 atom stereocenters. The van der Waals surface area contributed by atoms with Gasteiger partial charge in [-0.05, 0) is 0 Å². The smallest absolute Gasteiger partial charge is 0.215 e. The summed E-state index contributed by atoms with van der Waals surface area (Å²) in [6.07, 6.45) is 0. The molecule has 5 aromatic carbocycles. The van der Waals surface area contributed by atoms with Crippen LogP contribution in [0.1, 0.15) is 0 Å². The molecule has 5 aromatic rings. The number of ether oxygens (including phenoxy) is 4. The fourth-order valence-electron chi connectivity index (χ4n) is 4.03. The van der Waals surface area contributed by atoms with E-state index in [9.17, 15) is 66.4 Å². The molecule has 17 nitrogen and oxygen atoms in total. The van der Waals surface area contributed by atoms with Gasteiger partial charge in [0.2, 0.25) is 40.2 Å². The molecule has 13 N–H and O–H groups in total. The molecule has 0 aliphatic rings. The van der Waals surface area contributed by atoms with Gasteiger partial charge >= 0.3 is 0 Å². The van der Waals surface area contributed by atoms with Crippen molar-refractivity contribution in [3.8, 4) is 121 Å². The summed E-state index contributed by atoms with van der Waals surface area (Å²) >= 11 is 0. The highest BCUT2D eigenvalue weighted by Crippen LogP contribution is 2.55. The van der Waals surface area contributed by atoms with E-state index in [-0.39, 0.29) is 0 Å². The second-order valence-corrected chi connectivity index (χ2v) is 9.53. The average Bonchev–Trinajstić information content (AvgIpc) is 2.98. The lowest BCUT2D eigenvalue weighted by Gasteiger charge is -2.18. The first-order valence-electron chi connectivity index (χ1n) is 12.7. The van der Waals surface area contributed by atoms with E-state index in [2.05, 4.69) is 0 Å². The zero-order valence-electron chi connectivity index (χ0n) is 23.1. The summed E-state index contributed by atoms with van der Waals surface area (Å²) in [6, 6.07) is 7.44. The molecule has 0 heterocycles. The predicted molar refractivity (Wildman–Crippen MR) is 154 cm³/mol. The number of hydrogen-bond donors (Lipinski definition) is 13. The number of aromatic hydroxyl groups is 13. The van der Waals surface area contributed by atoms with Gasteiger partial charge in [0.25, 0.3) is 0 Å². The van der Waals surface area contributed by atoms with Crippen molar-refractivity contribution >= 4 is 0 Å². The quantitative estimate of drug-likeness (QED) is 0.0976. The zero-order valence-corrected chi connectivity index (χ0v) is 23.1. The van der Waals surface area contributed by atoms with Crippen molar-refractivity contribution in [1.29, 1.82) is 0 Å². The summed E-state index contributed by atoms with van der Waals surface area (Å²) in [5.74, 6) is -15.5. The largest absolute Gasteiger partial charge is 0.508 e. The predicted octanol–water partition coefficient (Wildman–Crippen LogP) is 5.03. The van der Waals surface area contributed by atoms with Crippen LogP contribution in [0.4, 0.5) is 0 Å². The van der Waals surface area contributed by atoms with Crippen LogP contribution in [0.25, 0.3) is 0 Å². The van der Waals surface area contributed by atoms with Gasteiger partial charge < -0.3 is 85.3 Å². The third kappa shape index (κ3) is 6.07. The molecule has 244 valence electrons. The lowest BCUT2D eigenvalue weighted by molar-refractivity contribution is 0.324. The van der Waals surface area contributed by atoms with Crippen LogP contribution in [0.15, 0.2) is 54.6 Å². The Balaban J connectivity index is 1.54. The maximum absolute atomic E-state index is 10.5. The van der Waals surface area contributed by atoms with E-state index in [1.54, 1.807) is 0 Å². The summed E-state index contributed by atoms with van der Waals surface area (Å²) in [4.78, 5) is 0. The van der Waals surface area contributed by atoms with E-state index in [1.165, 1.54) is 0 Å². The van der Waals surface area contributed by atoms with Gasteiger partial charge in [0, 0.05) is 54.6 Å². The second kappa shape index (κ2) is 11.7. The van der Waals surface area contributed by atoms with Crippen LogP contribution in [0, 0.1) is 0 Å². The molecular formula is C30H22O17. The molecule has 5 rings (SSSR count). The first-order chi connectivity index (χ1) is 22.1. The van der Waals surface area contributed by atoms with E-state index >= 15 is 0 Å². The molecule has 0 aliphatic heterocycles. The second-order valence-electron chi connectivity index (χ2n) is 9.53. The molecule has 0 spiro atoms. The SMILES string of the molecule is Oc1cc(O)c(Oc2cc(O)cc(O)c2Oc2cc(O)c(O)c(Oc3cc(O)c(O)c(O)c3Oc3cc(O)c(O)c(O)c3)c2)c(O)c1. The van der Waals surface area contributed by atoms with Crippen molar-refractivity contribution in [2.24, 2.45) is 0 Å². The van der Waals surface area contributed by atoms with Crippen LogP contribution < -0.4 is 18.9 Å². The van der Waals surface area contributed by atoms with Crippen LogP contribution in [0.5, 0.6) is 121 Å². The van der Waals surface area contributed by atoms with Gasteiger partial charge in [-0.3, -0.25) is 0 Å². The summed E-state index contributed by atoms with van der Waals surface area (Å²) in [5.41, 5.74) is 0. The summed E-state index contributed by atoms with van der Waals surface area (Å²) < 4.78 is 22.0. The molecule has 0 radical (unpaired) electrons. The van der Waals surface area contributed by atoms with Gasteiger partial charge in [-0.15, -0.1) is 0 Å². The number of benzene rings is 5. The van der Waals surface area contributed by atoms with Gasteiger partial charge in [0.05, 0.1) is 0 Å². The summed E-state index contributed by atoms with van der Waals surface area (Å²) in [5, 5.41) is 131. The van der Waals surface area contributed by atoms with Crippen LogP contribution in [0.2, 0.25) is 0 Å². The minimum Gasteiger partial charge on any atom is -0.508 e. The minimum absolute atomic E-state index is 0.414. The Morgan fingerprint density at radius 3 is 1.32 bits per heavy atom. The number of rotatable bonds is 8. The van der Waals surface area contributed by atoms with Gasteiger partial charge in [-0.2, -0.15) is 0 Å². The lowest BCUT2D eigenvalue weighted by Crippen LogP contribution is -1.95. The Morgan fingerprint density at radius 1 is 0.277 bits per heavy atom. The van der Waals surface area contributed by atoms with Crippen LogP contribution in [-0.4, -0.2) is 66.4 Å². The van der Waals surface area contributed by atoms with Crippen LogP contribution in [-0.2, 0) is 0 Å². The number of phenolic OH excluding ortho intramolecular Hbond substituents is 13. The molecule has 0 unspecified atom stereocenters. The van der Waals surface area contributed by atoms with Gasteiger partial charge in [0.1, 0.15) is 23.0 Å². The summed E-state index contributed by atoms with van der Waals surface area (Å²) in [7, 11) is 0. The highest BCUT2D eigenvalue weighted by Gasteiger charge is 2.25. The normalized spacial score (nSPS) is 10.8. The Kier molecular flexibility index (Phi) is 7.72. The highest BCUT2D eigenvalue weighted by molar-refractivity contribution is 5.68. The maximum atomic E-state index is 10.5. The fraction of sp³-hybridized carbons (Fsp3) is 0. The van der Waals surface area contributed by atoms with E-state index in [0.29, 0.717) is 6.07 Å². The van der Waals surface area contributed by atoms with Crippen molar-refractivity contribution in [3.05, 3.63) is 54.6 Å². The minimum atomic E-state index is -1.13. The molecule has 47 heavy (non-hydrogen) atoms. The molecule has 0 saturated carbocycles. The van der Waals surface area contributed by atoms with E-state index in [1.807, 2.05) is 0 Å². The van der Waals surface area contributed by atoms with Crippen LogP contribution >= 0.6 is 0 Å². The Bertz CT molecular complexity index is 1990. The molecule has 0 fully saturated rings. The van der Waals surface area contributed by atoms with Gasteiger partial charge in [-0.1, -0.05) is 0 Å². The Morgan fingerprint density at radius 2 is 0.723 bits per heavy atom. The molecule has 17 heteroatoms. The number of hydrogen-bond acceptors (Lipinski definition) is 17. The molecule has 0 aromatic heterocycles. The average molecular weight is 654 g/mol. The van der Waals surface area contributed by atoms with Crippen molar-refractivity contribution < 1.29 is 85.3 Å². The Hall–Kier alpha value is -7.30. The highest BCUT2D eigenvalue weighted by atomic mass is 16.5. The third-order valence-electron chi connectivity index (χ3n) is 6.17. The van der Waals surface area contributed by atoms with E-state index < -0.39 is 121 Å². The van der Waals surface area contributed by atoms with E-state index in [0.717, 1.165) is 48.5 Å². The van der Waals surface area contributed by atoms with Crippen molar-refractivity contribution in [3.63, 3.8) is 0 Å². The Labute approximate surface area is 260 Å². The molecular weight excluding hydrogens is 632 g/mol. The zero-order chi connectivity index (χ0) is 34.3. The third-order valence-corrected chi connectivity index (χ3v) is 6.17. The van der Waals surface area contributed by atoms with Gasteiger partial charge in [0.15, 0.2) is 57.5 Å².